The first-order valence-electron chi connectivity index (χ1n) is 19.9. The number of hydrazine groups is 1. The number of carbonyl (C=O) groups excluding carboxylic acids is 7. The van der Waals surface area contributed by atoms with E-state index in [-0.39, 0.29) is 57.1 Å². The number of unbranched alkanes of at least 4 members (excludes halogenated alkanes) is 1. The van der Waals surface area contributed by atoms with Crippen LogP contribution in [0.5, 0.6) is 0 Å². The van der Waals surface area contributed by atoms with Crippen LogP contribution in [0.2, 0.25) is 0 Å². The number of rotatable bonds is 29. The summed E-state index contributed by atoms with van der Waals surface area (Å²) in [6.45, 7) is 6.47. The molecule has 4 amide bonds. The third-order valence-electron chi connectivity index (χ3n) is 9.16. The molecule has 0 aliphatic rings. The van der Waals surface area contributed by atoms with Crippen molar-refractivity contribution in [3.8, 4) is 0 Å². The number of carbonyl (C=O) groups is 7. The summed E-state index contributed by atoms with van der Waals surface area (Å²) in [5.41, 5.74) is 29.0. The number of H-pyrrole nitrogens is 1. The lowest BCUT2D eigenvalue weighted by Crippen LogP contribution is -2.60. The van der Waals surface area contributed by atoms with Gasteiger partial charge in [0.1, 0.15) is 18.1 Å². The molecular weight excluding hydrogens is 777 g/mol. The fraction of sp³-hybridized carbons (Fsp3) is 0.538. The van der Waals surface area contributed by atoms with Gasteiger partial charge >= 0.3 is 0 Å². The van der Waals surface area contributed by atoms with Crippen molar-refractivity contribution in [2.24, 2.45) is 38.8 Å². The Labute approximate surface area is 349 Å². The zero-order valence-electron chi connectivity index (χ0n) is 34.8. The minimum absolute atomic E-state index is 0.0153. The van der Waals surface area contributed by atoms with Gasteiger partial charge in [-0.25, -0.2) is 15.8 Å². The first-order valence-corrected chi connectivity index (χ1v) is 19.9. The van der Waals surface area contributed by atoms with Crippen LogP contribution in [0.3, 0.4) is 0 Å². The summed E-state index contributed by atoms with van der Waals surface area (Å²) in [7, 11) is 0. The first-order chi connectivity index (χ1) is 28.5. The molecule has 21 nitrogen and oxygen atoms in total. The molecule has 0 radical (unpaired) electrons. The molecule has 5 atom stereocenters. The fourth-order valence-corrected chi connectivity index (χ4v) is 5.81. The molecule has 0 unspecified atom stereocenters. The van der Waals surface area contributed by atoms with E-state index >= 15 is 0 Å². The number of amides is 4. The van der Waals surface area contributed by atoms with Gasteiger partial charge in [0.2, 0.25) is 29.3 Å². The third kappa shape index (κ3) is 19.0. The van der Waals surface area contributed by atoms with E-state index in [9.17, 15) is 33.6 Å². The molecule has 0 fully saturated rings. The molecule has 0 aliphatic heterocycles. The number of hydrogen-bond donors (Lipinski definition) is 11. The van der Waals surface area contributed by atoms with Crippen LogP contribution >= 0.6 is 0 Å². The molecule has 1 heterocycles. The van der Waals surface area contributed by atoms with Crippen LogP contribution in [0.4, 0.5) is 0 Å². The number of imidazole rings is 1. The number of nitrogens with one attached hydrogen (secondary N) is 7. The van der Waals surface area contributed by atoms with Crippen molar-refractivity contribution in [3.05, 3.63) is 54.1 Å². The smallest absolute Gasteiger partial charge is 0.289 e. The first kappa shape index (κ1) is 49.9. The number of ketones is 3. The molecule has 0 saturated carbocycles. The Kier molecular flexibility index (Phi) is 22.2. The Morgan fingerprint density at radius 3 is 1.88 bits per heavy atom. The summed E-state index contributed by atoms with van der Waals surface area (Å²) in [5, 5.41) is 10.6. The quantitative estimate of drug-likeness (QED) is 0.0137. The molecule has 60 heavy (non-hydrogen) atoms. The summed E-state index contributed by atoms with van der Waals surface area (Å²) in [4.78, 5) is 106. The van der Waals surface area contributed by atoms with Crippen LogP contribution < -0.4 is 55.1 Å². The summed E-state index contributed by atoms with van der Waals surface area (Å²) < 4.78 is 0. The Morgan fingerprint density at radius 1 is 0.717 bits per heavy atom. The average Bonchev–Trinajstić information content (AvgIpc) is 3.72. The van der Waals surface area contributed by atoms with Crippen LogP contribution in [0.15, 0.2) is 52.8 Å². The molecule has 1 aromatic carbocycles. The largest absolute Gasteiger partial charge is 0.370 e. The Balaban J connectivity index is 2.17. The number of guanidine groups is 2. The standard InChI is InChI=1S/C39H62N14O7/c1-23(2)31(36(59)49-28(33(56)25(4)54)15-10-18-46-38(40)41)51-34(57)29(16-11-19-47-39(42)43)50-35(58)30(20-27-21-44-22-48-27)53-52-24(3)32(55)37(60)45-17-9-8-14-26-12-6-5-7-13-26/h5-7,12-13,21-24,28-31,52-53H,8-11,14-20H2,1-4H3,(H,44,48)(H,45,60)(H,49,59)(H,50,58)(H,51,57)(H4,40,41,46)(H4,42,43,47)/t24-,28-,29-,30-,31-/m0/s1. The number of nitrogens with two attached hydrogens (primary N) is 4. The fourth-order valence-electron chi connectivity index (χ4n) is 5.81. The predicted octanol–water partition coefficient (Wildman–Crippen LogP) is -2.11. The van der Waals surface area contributed by atoms with Crippen molar-refractivity contribution < 1.29 is 33.6 Å². The average molecular weight is 839 g/mol. The van der Waals surface area contributed by atoms with Gasteiger partial charge in [-0.15, -0.1) is 0 Å². The number of benzene rings is 1. The normalized spacial score (nSPS) is 13.4. The molecule has 0 spiro atoms. The number of aliphatic imine (C=N–C) groups is 2. The summed E-state index contributed by atoms with van der Waals surface area (Å²) >= 11 is 0. The van der Waals surface area contributed by atoms with Crippen LogP contribution in [0.25, 0.3) is 0 Å². The zero-order valence-corrected chi connectivity index (χ0v) is 34.8. The third-order valence-corrected chi connectivity index (χ3v) is 9.16. The van der Waals surface area contributed by atoms with Crippen LogP contribution in [-0.2, 0) is 46.4 Å². The molecule has 2 rings (SSSR count). The topological polar surface area (TPSA) is 349 Å². The molecule has 0 aliphatic carbocycles. The van der Waals surface area contributed by atoms with Crippen molar-refractivity contribution in [2.75, 3.05) is 19.6 Å². The van der Waals surface area contributed by atoms with Gasteiger partial charge in [0.05, 0.1) is 18.4 Å². The van der Waals surface area contributed by atoms with Crippen LogP contribution in [0, 0.1) is 5.92 Å². The lowest BCUT2D eigenvalue weighted by atomic mass is 9.99. The van der Waals surface area contributed by atoms with E-state index in [1.165, 1.54) is 25.0 Å². The van der Waals surface area contributed by atoms with E-state index in [1.54, 1.807) is 13.8 Å². The number of aryl methyl sites for hydroxylation is 1. The number of Topliss-reactive ketones (excluding diaryl/α,β-unsaturated/α-hetero) is 3. The van der Waals surface area contributed by atoms with Crippen molar-refractivity contribution in [1.29, 1.82) is 0 Å². The van der Waals surface area contributed by atoms with Crippen LogP contribution in [-0.4, -0.2) is 113 Å². The van der Waals surface area contributed by atoms with E-state index in [4.69, 9.17) is 22.9 Å². The number of aromatic nitrogens is 2. The van der Waals surface area contributed by atoms with Crippen molar-refractivity contribution in [1.82, 2.24) is 42.1 Å². The van der Waals surface area contributed by atoms with E-state index in [2.05, 4.69) is 52.1 Å². The van der Waals surface area contributed by atoms with Gasteiger partial charge in [-0.1, -0.05) is 44.2 Å². The maximum absolute atomic E-state index is 13.9. The molecule has 0 saturated heterocycles. The highest BCUT2D eigenvalue weighted by Gasteiger charge is 2.33. The maximum atomic E-state index is 13.9. The molecule has 0 bridgehead atoms. The van der Waals surface area contributed by atoms with Gasteiger partial charge in [-0.2, -0.15) is 0 Å². The number of aromatic amines is 1. The summed E-state index contributed by atoms with van der Waals surface area (Å²) in [6.07, 6.45) is 5.85. The van der Waals surface area contributed by atoms with Crippen molar-refractivity contribution >= 4 is 52.9 Å². The van der Waals surface area contributed by atoms with E-state index < -0.39 is 77.1 Å². The van der Waals surface area contributed by atoms with Gasteiger partial charge in [0.25, 0.3) is 5.91 Å². The minimum Gasteiger partial charge on any atom is -0.370 e. The minimum atomic E-state index is -1.23. The monoisotopic (exact) mass is 838 g/mol. The van der Waals surface area contributed by atoms with E-state index in [0.29, 0.717) is 18.7 Å². The number of nitrogens with zero attached hydrogens (tertiary/aromatic N) is 3. The SMILES string of the molecule is CC(=O)C(=O)[C@H](CCCN=C(N)N)NC(=O)[C@@H](NC(=O)[C@H](CCCN=C(N)N)NC(=O)[C@H](Cc1cnc[nH]1)NN[C@@H](C)C(=O)C(=O)NCCCCc1ccccc1)C(C)C. The lowest BCUT2D eigenvalue weighted by Gasteiger charge is -2.28. The second-order valence-corrected chi connectivity index (χ2v) is 14.6. The Bertz CT molecular complexity index is 1760. The van der Waals surface area contributed by atoms with Gasteiger partial charge in [0, 0.05) is 44.9 Å². The van der Waals surface area contributed by atoms with Gasteiger partial charge in [-0.05, 0) is 63.4 Å². The van der Waals surface area contributed by atoms with Gasteiger partial charge in [0.15, 0.2) is 17.7 Å². The summed E-state index contributed by atoms with van der Waals surface area (Å²) in [6, 6.07) is 4.12. The zero-order chi connectivity index (χ0) is 44.6. The predicted molar refractivity (Wildman–Crippen MR) is 225 cm³/mol. The van der Waals surface area contributed by atoms with Crippen LogP contribution in [0.1, 0.15) is 77.5 Å². The number of hydrogen-bond acceptors (Lipinski definition) is 12. The molecule has 1 aromatic heterocycles. The second kappa shape index (κ2) is 26.7. The highest BCUT2D eigenvalue weighted by atomic mass is 16.2. The Hall–Kier alpha value is -6.22. The highest BCUT2D eigenvalue weighted by Crippen LogP contribution is 2.10. The van der Waals surface area contributed by atoms with Gasteiger partial charge < -0.3 is 49.2 Å². The van der Waals surface area contributed by atoms with E-state index in [1.807, 2.05) is 30.3 Å². The van der Waals surface area contributed by atoms with Gasteiger partial charge in [-0.3, -0.25) is 43.5 Å². The highest BCUT2D eigenvalue weighted by molar-refractivity contribution is 6.38. The maximum Gasteiger partial charge on any atom is 0.289 e. The molecule has 15 N–H and O–H groups in total. The van der Waals surface area contributed by atoms with Crippen molar-refractivity contribution in [2.45, 2.75) is 109 Å². The van der Waals surface area contributed by atoms with Crippen molar-refractivity contribution in [3.63, 3.8) is 0 Å². The lowest BCUT2D eigenvalue weighted by molar-refractivity contribution is -0.139. The van der Waals surface area contributed by atoms with E-state index in [0.717, 1.165) is 19.8 Å². The molecule has 330 valence electrons. The molecule has 2 aromatic rings. The molecule has 21 heteroatoms. The second-order valence-electron chi connectivity index (χ2n) is 14.6. The summed E-state index contributed by atoms with van der Waals surface area (Å²) in [5.74, 6) is -6.12. The molecular formula is C39H62N14O7. The Morgan fingerprint density at radius 2 is 1.32 bits per heavy atom.